The maximum absolute atomic E-state index is 5.82. The number of hydrogen-bond acceptors (Lipinski definition) is 2. The minimum absolute atomic E-state index is 0.435. The highest BCUT2D eigenvalue weighted by Gasteiger charge is 2.32. The molecule has 106 valence electrons. The van der Waals surface area contributed by atoms with E-state index >= 15 is 0 Å². The predicted octanol–water partition coefficient (Wildman–Crippen LogP) is 4.17. The van der Waals surface area contributed by atoms with Gasteiger partial charge in [-0.25, -0.2) is 0 Å². The highest BCUT2D eigenvalue weighted by Crippen LogP contribution is 2.42. The Bertz CT molecular complexity index is 391. The molecule has 2 rings (SSSR count). The lowest BCUT2D eigenvalue weighted by atomic mass is 9.85. The van der Waals surface area contributed by atoms with Gasteiger partial charge in [0.15, 0.2) is 0 Å². The molecule has 1 aliphatic carbocycles. The molecule has 1 aliphatic rings. The third kappa shape index (κ3) is 3.30. The van der Waals surface area contributed by atoms with Gasteiger partial charge in [-0.2, -0.15) is 0 Å². The second-order valence-electron chi connectivity index (χ2n) is 5.58. The molecule has 19 heavy (non-hydrogen) atoms. The van der Waals surface area contributed by atoms with Gasteiger partial charge in [-0.1, -0.05) is 44.9 Å². The van der Waals surface area contributed by atoms with E-state index < -0.39 is 0 Å². The van der Waals surface area contributed by atoms with Crippen LogP contribution in [0.5, 0.6) is 5.75 Å². The summed E-state index contributed by atoms with van der Waals surface area (Å²) in [5.41, 5.74) is 1.34. The Morgan fingerprint density at radius 2 is 2.05 bits per heavy atom. The maximum atomic E-state index is 5.82. The lowest BCUT2D eigenvalue weighted by molar-refractivity contribution is 0.285. The van der Waals surface area contributed by atoms with Crippen molar-refractivity contribution < 1.29 is 4.74 Å². The van der Waals surface area contributed by atoms with E-state index in [1.165, 1.54) is 24.8 Å². The van der Waals surface area contributed by atoms with Crippen molar-refractivity contribution in [3.8, 4) is 5.75 Å². The smallest absolute Gasteiger partial charge is 0.124 e. The number of hydrogen-bond donors (Lipinski definition) is 1. The Kier molecular flexibility index (Phi) is 5.26. The second-order valence-corrected chi connectivity index (χ2v) is 5.58. The molecule has 0 aliphatic heterocycles. The molecule has 0 heterocycles. The molecule has 1 saturated carbocycles. The van der Waals surface area contributed by atoms with E-state index in [1.54, 1.807) is 0 Å². The summed E-state index contributed by atoms with van der Waals surface area (Å²) in [6.45, 7) is 8.38. The van der Waals surface area contributed by atoms with Gasteiger partial charge >= 0.3 is 0 Å². The number of ether oxygens (including phenoxy) is 1. The highest BCUT2D eigenvalue weighted by molar-refractivity contribution is 5.36. The van der Waals surface area contributed by atoms with Crippen LogP contribution in [-0.2, 0) is 0 Å². The zero-order chi connectivity index (χ0) is 13.7. The minimum Gasteiger partial charge on any atom is -0.494 e. The molecule has 0 radical (unpaired) electrons. The van der Waals surface area contributed by atoms with Crippen LogP contribution in [0, 0.1) is 11.8 Å². The predicted molar refractivity (Wildman–Crippen MR) is 80.5 cm³/mol. The Morgan fingerprint density at radius 1 is 1.26 bits per heavy atom. The van der Waals surface area contributed by atoms with Crippen LogP contribution in [0.4, 0.5) is 0 Å². The fourth-order valence-electron chi connectivity index (χ4n) is 3.41. The lowest BCUT2D eigenvalue weighted by Crippen LogP contribution is -2.30. The van der Waals surface area contributed by atoms with Crippen LogP contribution in [-0.4, -0.2) is 13.2 Å². The Labute approximate surface area is 117 Å². The first-order valence-electron chi connectivity index (χ1n) is 7.73. The van der Waals surface area contributed by atoms with Gasteiger partial charge in [0.05, 0.1) is 6.61 Å². The van der Waals surface area contributed by atoms with Gasteiger partial charge in [-0.05, 0) is 37.8 Å². The zero-order valence-corrected chi connectivity index (χ0v) is 12.5. The third-order valence-electron chi connectivity index (χ3n) is 4.33. The van der Waals surface area contributed by atoms with Crippen LogP contribution in [0.15, 0.2) is 24.3 Å². The number of para-hydroxylation sites is 1. The normalized spacial score (nSPS) is 24.4. The van der Waals surface area contributed by atoms with Gasteiger partial charge in [-0.3, -0.25) is 0 Å². The van der Waals surface area contributed by atoms with Crippen LogP contribution in [0.3, 0.4) is 0 Å². The molecule has 1 N–H and O–H groups in total. The van der Waals surface area contributed by atoms with Crippen molar-refractivity contribution in [3.05, 3.63) is 29.8 Å². The average molecular weight is 261 g/mol. The van der Waals surface area contributed by atoms with E-state index in [0.29, 0.717) is 6.04 Å². The van der Waals surface area contributed by atoms with Crippen LogP contribution in [0.1, 0.15) is 51.6 Å². The molecule has 3 unspecified atom stereocenters. The molecule has 0 saturated heterocycles. The molecule has 3 atom stereocenters. The van der Waals surface area contributed by atoms with Gasteiger partial charge in [0, 0.05) is 11.6 Å². The molecule has 2 heteroatoms. The topological polar surface area (TPSA) is 21.3 Å². The van der Waals surface area contributed by atoms with E-state index in [1.807, 2.05) is 0 Å². The lowest BCUT2D eigenvalue weighted by Gasteiger charge is -2.29. The maximum Gasteiger partial charge on any atom is 0.124 e. The van der Waals surface area contributed by atoms with E-state index in [4.69, 9.17) is 4.74 Å². The Balaban J connectivity index is 2.27. The standard InChI is InChI=1S/C17H27NO/c1-4-18-17(14-11-8-9-13(14)3)15-10-6-7-12-16(15)19-5-2/h6-7,10,12-14,17-18H,4-5,8-9,11H2,1-3H3. The quantitative estimate of drug-likeness (QED) is 0.829. The van der Waals surface area contributed by atoms with Crippen LogP contribution < -0.4 is 10.1 Å². The summed E-state index contributed by atoms with van der Waals surface area (Å²) in [5, 5.41) is 3.69. The fraction of sp³-hybridized carbons (Fsp3) is 0.647. The van der Waals surface area contributed by atoms with Crippen molar-refractivity contribution in [3.63, 3.8) is 0 Å². The number of nitrogens with one attached hydrogen (secondary N) is 1. The summed E-state index contributed by atoms with van der Waals surface area (Å²) in [7, 11) is 0. The molecule has 1 aromatic carbocycles. The first-order chi connectivity index (χ1) is 9.27. The van der Waals surface area contributed by atoms with Gasteiger partial charge in [0.25, 0.3) is 0 Å². The van der Waals surface area contributed by atoms with Gasteiger partial charge in [0.1, 0.15) is 5.75 Å². The molecule has 0 spiro atoms. The fourth-order valence-corrected chi connectivity index (χ4v) is 3.41. The summed E-state index contributed by atoms with van der Waals surface area (Å²) >= 11 is 0. The summed E-state index contributed by atoms with van der Waals surface area (Å²) in [4.78, 5) is 0. The molecular formula is C17H27NO. The van der Waals surface area contributed by atoms with Crippen molar-refractivity contribution in [1.82, 2.24) is 5.32 Å². The third-order valence-corrected chi connectivity index (χ3v) is 4.33. The SMILES string of the molecule is CCNC(c1ccccc1OCC)C1CCCC1C. The highest BCUT2D eigenvalue weighted by atomic mass is 16.5. The summed E-state index contributed by atoms with van der Waals surface area (Å²) in [6.07, 6.45) is 4.06. The van der Waals surface area contributed by atoms with E-state index in [9.17, 15) is 0 Å². The van der Waals surface area contributed by atoms with Crippen molar-refractivity contribution in [2.45, 2.75) is 46.1 Å². The average Bonchev–Trinajstić information content (AvgIpc) is 2.84. The molecule has 0 bridgehead atoms. The van der Waals surface area contributed by atoms with Gasteiger partial charge in [0.2, 0.25) is 0 Å². The zero-order valence-electron chi connectivity index (χ0n) is 12.5. The monoisotopic (exact) mass is 261 g/mol. The van der Waals surface area contributed by atoms with E-state index in [0.717, 1.165) is 30.7 Å². The second kappa shape index (κ2) is 6.95. The van der Waals surface area contributed by atoms with Crippen LogP contribution in [0.2, 0.25) is 0 Å². The van der Waals surface area contributed by atoms with Crippen molar-refractivity contribution in [2.24, 2.45) is 11.8 Å². The van der Waals surface area contributed by atoms with E-state index in [-0.39, 0.29) is 0 Å². The molecular weight excluding hydrogens is 234 g/mol. The minimum atomic E-state index is 0.435. The molecule has 0 aromatic heterocycles. The largest absolute Gasteiger partial charge is 0.494 e. The summed E-state index contributed by atoms with van der Waals surface area (Å²) in [6, 6.07) is 8.95. The molecule has 2 nitrogen and oxygen atoms in total. The van der Waals surface area contributed by atoms with Crippen LogP contribution in [0.25, 0.3) is 0 Å². The Morgan fingerprint density at radius 3 is 2.68 bits per heavy atom. The van der Waals surface area contributed by atoms with E-state index in [2.05, 4.69) is 50.4 Å². The van der Waals surface area contributed by atoms with Crippen LogP contribution >= 0.6 is 0 Å². The molecule has 0 amide bonds. The summed E-state index contributed by atoms with van der Waals surface area (Å²) < 4.78 is 5.82. The first-order valence-corrected chi connectivity index (χ1v) is 7.73. The van der Waals surface area contributed by atoms with Crippen molar-refractivity contribution in [1.29, 1.82) is 0 Å². The van der Waals surface area contributed by atoms with Crippen molar-refractivity contribution in [2.75, 3.05) is 13.2 Å². The summed E-state index contributed by atoms with van der Waals surface area (Å²) in [5.74, 6) is 2.59. The molecule has 1 fully saturated rings. The van der Waals surface area contributed by atoms with Crippen molar-refractivity contribution >= 4 is 0 Å². The first kappa shape index (κ1) is 14.4. The molecule has 1 aromatic rings. The number of rotatable bonds is 6. The number of benzene rings is 1. The van der Waals surface area contributed by atoms with Gasteiger partial charge in [-0.15, -0.1) is 0 Å². The van der Waals surface area contributed by atoms with Gasteiger partial charge < -0.3 is 10.1 Å². The Hall–Kier alpha value is -1.02.